The Balaban J connectivity index is 1.37. The number of benzene rings is 1. The third-order valence-electron chi connectivity index (χ3n) is 7.61. The Bertz CT molecular complexity index is 1450. The summed E-state index contributed by atoms with van der Waals surface area (Å²) in [5.41, 5.74) is 7.95. The van der Waals surface area contributed by atoms with Crippen LogP contribution in [-0.4, -0.2) is 36.9 Å². The first-order valence-electron chi connectivity index (χ1n) is 12.7. The van der Waals surface area contributed by atoms with Gasteiger partial charge in [-0.1, -0.05) is 41.0 Å². The molecule has 208 valence electrons. The summed E-state index contributed by atoms with van der Waals surface area (Å²) in [6.07, 6.45) is 5.77. The first-order chi connectivity index (χ1) is 18.4. The van der Waals surface area contributed by atoms with Crippen LogP contribution < -0.4 is 20.9 Å². The zero-order chi connectivity index (χ0) is 28.1. The molecule has 0 bridgehead atoms. The zero-order valence-corrected chi connectivity index (χ0v) is 25.5. The number of piperidine rings is 1. The fourth-order valence-corrected chi connectivity index (χ4v) is 7.66. The highest BCUT2D eigenvalue weighted by molar-refractivity contribution is 7.99. The van der Waals surface area contributed by atoms with Crippen molar-refractivity contribution in [2.75, 3.05) is 23.7 Å². The third kappa shape index (κ3) is 5.52. The van der Waals surface area contributed by atoms with Crippen LogP contribution in [0, 0.1) is 5.41 Å². The summed E-state index contributed by atoms with van der Waals surface area (Å²) in [4.78, 5) is 25.2. The fourth-order valence-electron chi connectivity index (χ4n) is 5.41. The van der Waals surface area contributed by atoms with Crippen molar-refractivity contribution >= 4 is 58.1 Å². The van der Waals surface area contributed by atoms with Crippen molar-refractivity contribution in [1.82, 2.24) is 19.3 Å². The number of pyridine rings is 1. The molecule has 2 aromatic heterocycles. The summed E-state index contributed by atoms with van der Waals surface area (Å²) in [5, 5.41) is 1.01. The Morgan fingerprint density at radius 1 is 1.18 bits per heavy atom. The standard InChI is InChI=1S/C27H32Cl2N6O2S2/c1-26(2,3)39(37)33-22-18-13-17(28)6-5-16(18)14-27(22)8-11-35(12-9-27)25-32-15-20(24(36)34(25)4)38-19-7-10-31-23(30)21(19)29/h5-7,10,13,15,22,33H,8-9,11-12,14H2,1-4H3,(H2,30,31)/t22-,39?/m1/s1. The van der Waals surface area contributed by atoms with E-state index in [-0.39, 0.29) is 22.8 Å². The Morgan fingerprint density at radius 2 is 1.90 bits per heavy atom. The summed E-state index contributed by atoms with van der Waals surface area (Å²) < 4.78 is 17.9. The predicted octanol–water partition coefficient (Wildman–Crippen LogP) is 5.15. The molecule has 1 fully saturated rings. The molecular weight excluding hydrogens is 575 g/mol. The molecule has 1 aliphatic carbocycles. The van der Waals surface area contributed by atoms with E-state index in [0.717, 1.165) is 37.9 Å². The van der Waals surface area contributed by atoms with Crippen molar-refractivity contribution in [3.05, 3.63) is 68.2 Å². The van der Waals surface area contributed by atoms with Gasteiger partial charge in [0, 0.05) is 53.0 Å². The lowest BCUT2D eigenvalue weighted by molar-refractivity contribution is 0.175. The Hall–Kier alpha value is -1.95. The quantitative estimate of drug-likeness (QED) is 0.383. The molecular formula is C27H32Cl2N6O2S2. The van der Waals surface area contributed by atoms with Gasteiger partial charge in [-0.3, -0.25) is 9.36 Å². The second-order valence-corrected chi connectivity index (χ2v) is 15.1. The molecule has 12 heteroatoms. The van der Waals surface area contributed by atoms with Gasteiger partial charge >= 0.3 is 0 Å². The lowest BCUT2D eigenvalue weighted by Gasteiger charge is -2.44. The van der Waals surface area contributed by atoms with E-state index in [1.807, 2.05) is 32.9 Å². The SMILES string of the molecule is Cn1c(N2CCC3(CC2)Cc2ccc(Cl)cc2[C@H]3N[S+]([O-])C(C)(C)C)ncc(Sc2ccnc(N)c2Cl)c1=O. The van der Waals surface area contributed by atoms with Crippen LogP contribution in [0.3, 0.4) is 0 Å². The lowest BCUT2D eigenvalue weighted by Crippen LogP contribution is -2.50. The summed E-state index contributed by atoms with van der Waals surface area (Å²) in [6, 6.07) is 7.70. The number of nitrogens with one attached hydrogen (secondary N) is 1. The Morgan fingerprint density at radius 3 is 2.59 bits per heavy atom. The monoisotopic (exact) mass is 606 g/mol. The normalized spacial score (nSPS) is 19.4. The minimum absolute atomic E-state index is 0.0680. The molecule has 1 saturated heterocycles. The molecule has 39 heavy (non-hydrogen) atoms. The van der Waals surface area contributed by atoms with Crippen LogP contribution in [0.1, 0.15) is 50.8 Å². The van der Waals surface area contributed by atoms with Gasteiger partial charge in [0.2, 0.25) is 5.95 Å². The molecule has 3 heterocycles. The maximum absolute atomic E-state index is 13.3. The van der Waals surface area contributed by atoms with Crippen LogP contribution in [0.5, 0.6) is 0 Å². The molecule has 1 unspecified atom stereocenters. The van der Waals surface area contributed by atoms with E-state index in [2.05, 4.69) is 25.7 Å². The van der Waals surface area contributed by atoms with Crippen LogP contribution >= 0.6 is 35.0 Å². The van der Waals surface area contributed by atoms with Crippen LogP contribution in [0.15, 0.2) is 51.2 Å². The topological polar surface area (TPSA) is 112 Å². The van der Waals surface area contributed by atoms with Crippen LogP contribution in [-0.2, 0) is 24.8 Å². The maximum atomic E-state index is 13.3. The van der Waals surface area contributed by atoms with Crippen molar-refractivity contribution in [3.63, 3.8) is 0 Å². The number of hydrogen-bond acceptors (Lipinski definition) is 8. The zero-order valence-electron chi connectivity index (χ0n) is 22.3. The Labute approximate surface area is 246 Å². The smallest absolute Gasteiger partial charge is 0.268 e. The van der Waals surface area contributed by atoms with Gasteiger partial charge in [-0.2, -0.15) is 0 Å². The van der Waals surface area contributed by atoms with Gasteiger partial charge in [0.05, 0.1) is 22.2 Å². The van der Waals surface area contributed by atoms with E-state index in [0.29, 0.717) is 25.8 Å². The number of anilines is 2. The first kappa shape index (κ1) is 28.6. The number of aromatic nitrogens is 3. The average Bonchev–Trinajstić information content (AvgIpc) is 3.16. The summed E-state index contributed by atoms with van der Waals surface area (Å²) in [7, 11) is 1.74. The molecule has 0 saturated carbocycles. The minimum atomic E-state index is -1.23. The van der Waals surface area contributed by atoms with E-state index in [1.165, 1.54) is 17.3 Å². The van der Waals surface area contributed by atoms with Crippen molar-refractivity contribution in [2.24, 2.45) is 12.5 Å². The number of rotatable bonds is 5. The van der Waals surface area contributed by atoms with Gasteiger partial charge in [0.1, 0.15) is 10.6 Å². The van der Waals surface area contributed by atoms with Gasteiger partial charge in [-0.15, -0.1) is 4.72 Å². The van der Waals surface area contributed by atoms with E-state index in [4.69, 9.17) is 28.9 Å². The fraction of sp³-hybridized carbons (Fsp3) is 0.444. The summed E-state index contributed by atoms with van der Waals surface area (Å²) in [6.45, 7) is 7.38. The second-order valence-electron chi connectivity index (χ2n) is 11.2. The van der Waals surface area contributed by atoms with Gasteiger partial charge in [-0.05, 0) is 69.4 Å². The molecule has 1 spiro atoms. The van der Waals surface area contributed by atoms with E-state index >= 15 is 0 Å². The minimum Gasteiger partial charge on any atom is -0.598 e. The molecule has 2 atom stereocenters. The van der Waals surface area contributed by atoms with Crippen LogP contribution in [0.25, 0.3) is 0 Å². The van der Waals surface area contributed by atoms with Crippen molar-refractivity contribution in [3.8, 4) is 0 Å². The van der Waals surface area contributed by atoms with Gasteiger partial charge < -0.3 is 15.2 Å². The maximum Gasteiger partial charge on any atom is 0.268 e. The van der Waals surface area contributed by atoms with E-state index in [9.17, 15) is 9.35 Å². The number of hydrogen-bond donors (Lipinski definition) is 2. The van der Waals surface area contributed by atoms with Gasteiger partial charge in [-0.25, -0.2) is 9.97 Å². The molecule has 1 aromatic carbocycles. The molecule has 3 N–H and O–H groups in total. The molecule has 1 aliphatic heterocycles. The van der Waals surface area contributed by atoms with E-state index in [1.54, 1.807) is 30.1 Å². The van der Waals surface area contributed by atoms with Gasteiger partial charge in [0.25, 0.3) is 5.56 Å². The average molecular weight is 608 g/mol. The molecule has 2 aliphatic rings. The van der Waals surface area contributed by atoms with Crippen LogP contribution in [0.4, 0.5) is 11.8 Å². The predicted molar refractivity (Wildman–Crippen MR) is 160 cm³/mol. The highest BCUT2D eigenvalue weighted by Gasteiger charge is 2.50. The third-order valence-corrected chi connectivity index (χ3v) is 11.0. The van der Waals surface area contributed by atoms with Crippen molar-refractivity contribution in [2.45, 2.75) is 60.6 Å². The summed E-state index contributed by atoms with van der Waals surface area (Å²) >= 11 is 12.7. The highest BCUT2D eigenvalue weighted by Crippen LogP contribution is 2.53. The highest BCUT2D eigenvalue weighted by atomic mass is 35.5. The number of halogens is 2. The second kappa shape index (κ2) is 10.8. The van der Waals surface area contributed by atoms with Crippen molar-refractivity contribution < 1.29 is 4.55 Å². The molecule has 5 rings (SSSR count). The molecule has 8 nitrogen and oxygen atoms in total. The number of nitrogens with two attached hydrogens (primary N) is 1. The largest absolute Gasteiger partial charge is 0.598 e. The lowest BCUT2D eigenvalue weighted by atomic mass is 9.73. The number of fused-ring (bicyclic) bond motifs is 1. The first-order valence-corrected chi connectivity index (χ1v) is 15.5. The molecule has 3 aromatic rings. The van der Waals surface area contributed by atoms with Gasteiger partial charge in [0.15, 0.2) is 0 Å². The molecule has 0 radical (unpaired) electrons. The van der Waals surface area contributed by atoms with Crippen molar-refractivity contribution in [1.29, 1.82) is 0 Å². The van der Waals surface area contributed by atoms with E-state index < -0.39 is 16.1 Å². The molecule has 0 amide bonds. The number of nitrogens with zero attached hydrogens (tertiary/aromatic N) is 4. The van der Waals surface area contributed by atoms with Crippen LogP contribution in [0.2, 0.25) is 10.0 Å². The summed E-state index contributed by atoms with van der Waals surface area (Å²) in [5.74, 6) is 0.849. The Kier molecular flexibility index (Phi) is 7.91. The number of nitrogen functional groups attached to an aromatic ring is 1.